The minimum Gasteiger partial charge on any atom is -0.481 e. The fourth-order valence-corrected chi connectivity index (χ4v) is 2.86. The van der Waals surface area contributed by atoms with E-state index in [2.05, 4.69) is 39.5 Å². The Kier molecular flexibility index (Phi) is 3.15. The van der Waals surface area contributed by atoms with E-state index >= 15 is 0 Å². The highest BCUT2D eigenvalue weighted by Gasteiger charge is 2.41. The minimum absolute atomic E-state index is 0.0143. The molecule has 1 N–H and O–H groups in total. The summed E-state index contributed by atoms with van der Waals surface area (Å²) in [5.74, 6) is -0.810. The van der Waals surface area contributed by atoms with Gasteiger partial charge in [-0.3, -0.25) is 9.69 Å². The Labute approximate surface area is 92.5 Å². The summed E-state index contributed by atoms with van der Waals surface area (Å²) in [4.78, 5) is 13.4. The van der Waals surface area contributed by atoms with Crippen molar-refractivity contribution in [1.29, 1.82) is 0 Å². The van der Waals surface area contributed by atoms with E-state index in [1.807, 2.05) is 0 Å². The van der Waals surface area contributed by atoms with Gasteiger partial charge in [0, 0.05) is 17.6 Å². The molecule has 1 rings (SSSR count). The second-order valence-corrected chi connectivity index (χ2v) is 6.16. The third-order valence-electron chi connectivity index (χ3n) is 3.34. The SMILES string of the molecule is CC(C)(C)N1CCC(C(=O)O)CC1(C)C. The molecule has 0 bridgehead atoms. The number of hydrogen-bond donors (Lipinski definition) is 1. The van der Waals surface area contributed by atoms with E-state index in [4.69, 9.17) is 5.11 Å². The third-order valence-corrected chi connectivity index (χ3v) is 3.34. The van der Waals surface area contributed by atoms with Gasteiger partial charge in [-0.15, -0.1) is 0 Å². The zero-order valence-electron chi connectivity index (χ0n) is 10.5. The molecule has 1 saturated heterocycles. The van der Waals surface area contributed by atoms with Crippen LogP contribution in [0.15, 0.2) is 0 Å². The highest BCUT2D eigenvalue weighted by Crippen LogP contribution is 2.36. The van der Waals surface area contributed by atoms with Gasteiger partial charge in [-0.2, -0.15) is 0 Å². The van der Waals surface area contributed by atoms with Crippen molar-refractivity contribution in [2.75, 3.05) is 6.54 Å². The van der Waals surface area contributed by atoms with Gasteiger partial charge in [-0.05, 0) is 47.5 Å². The zero-order valence-corrected chi connectivity index (χ0v) is 10.5. The van der Waals surface area contributed by atoms with Crippen LogP contribution in [0.4, 0.5) is 0 Å². The van der Waals surface area contributed by atoms with Gasteiger partial charge in [0.1, 0.15) is 0 Å². The molecule has 0 amide bonds. The van der Waals surface area contributed by atoms with Crippen LogP contribution < -0.4 is 0 Å². The highest BCUT2D eigenvalue weighted by atomic mass is 16.4. The van der Waals surface area contributed by atoms with Crippen LogP contribution in [0.1, 0.15) is 47.5 Å². The van der Waals surface area contributed by atoms with Crippen LogP contribution in [0.3, 0.4) is 0 Å². The molecule has 0 spiro atoms. The molecule has 1 aliphatic rings. The minimum atomic E-state index is -0.642. The number of carbonyl (C=O) groups is 1. The molecule has 1 unspecified atom stereocenters. The van der Waals surface area contributed by atoms with Crippen molar-refractivity contribution in [2.24, 2.45) is 5.92 Å². The summed E-state index contributed by atoms with van der Waals surface area (Å²) in [6.45, 7) is 11.7. The number of rotatable bonds is 1. The van der Waals surface area contributed by atoms with Crippen molar-refractivity contribution in [3.05, 3.63) is 0 Å². The second-order valence-electron chi connectivity index (χ2n) is 6.16. The van der Waals surface area contributed by atoms with Crippen LogP contribution >= 0.6 is 0 Å². The van der Waals surface area contributed by atoms with E-state index in [-0.39, 0.29) is 17.0 Å². The smallest absolute Gasteiger partial charge is 0.306 e. The Hall–Kier alpha value is -0.570. The lowest BCUT2D eigenvalue weighted by Crippen LogP contribution is -2.58. The van der Waals surface area contributed by atoms with Crippen molar-refractivity contribution in [3.63, 3.8) is 0 Å². The lowest BCUT2D eigenvalue weighted by Gasteiger charge is -2.51. The zero-order chi connectivity index (χ0) is 11.9. The van der Waals surface area contributed by atoms with Gasteiger partial charge in [0.15, 0.2) is 0 Å². The fraction of sp³-hybridized carbons (Fsp3) is 0.917. The Morgan fingerprint density at radius 1 is 1.40 bits per heavy atom. The van der Waals surface area contributed by atoms with Gasteiger partial charge in [-0.1, -0.05) is 0 Å². The maximum atomic E-state index is 11.0. The molecular weight excluding hydrogens is 190 g/mol. The van der Waals surface area contributed by atoms with E-state index in [1.54, 1.807) is 0 Å². The normalized spacial score (nSPS) is 27.7. The lowest BCUT2D eigenvalue weighted by atomic mass is 9.80. The van der Waals surface area contributed by atoms with E-state index in [9.17, 15) is 4.79 Å². The predicted molar refractivity (Wildman–Crippen MR) is 60.9 cm³/mol. The quantitative estimate of drug-likeness (QED) is 0.727. The summed E-state index contributed by atoms with van der Waals surface area (Å²) < 4.78 is 0. The van der Waals surface area contributed by atoms with E-state index in [1.165, 1.54) is 0 Å². The first-order chi connectivity index (χ1) is 6.64. The molecule has 0 aromatic carbocycles. The summed E-state index contributed by atoms with van der Waals surface area (Å²) in [6, 6.07) is 0. The molecular formula is C12H23NO2. The second kappa shape index (κ2) is 3.78. The monoisotopic (exact) mass is 213 g/mol. The molecule has 3 nitrogen and oxygen atoms in total. The first-order valence-electron chi connectivity index (χ1n) is 5.65. The summed E-state index contributed by atoms with van der Waals surface area (Å²) in [7, 11) is 0. The van der Waals surface area contributed by atoms with Crippen molar-refractivity contribution in [2.45, 2.75) is 58.5 Å². The average molecular weight is 213 g/mol. The van der Waals surface area contributed by atoms with Gasteiger partial charge in [-0.25, -0.2) is 0 Å². The van der Waals surface area contributed by atoms with Gasteiger partial charge < -0.3 is 5.11 Å². The Bertz CT molecular complexity index is 253. The first kappa shape index (κ1) is 12.5. The molecule has 88 valence electrons. The van der Waals surface area contributed by atoms with Gasteiger partial charge in [0.05, 0.1) is 5.92 Å². The van der Waals surface area contributed by atoms with Crippen LogP contribution in [-0.2, 0) is 4.79 Å². The van der Waals surface area contributed by atoms with Crippen LogP contribution in [-0.4, -0.2) is 33.6 Å². The molecule has 0 aromatic rings. The molecule has 1 fully saturated rings. The Balaban J connectivity index is 2.80. The van der Waals surface area contributed by atoms with E-state index in [0.29, 0.717) is 0 Å². The van der Waals surface area contributed by atoms with Crippen LogP contribution in [0.5, 0.6) is 0 Å². The average Bonchev–Trinajstić information content (AvgIpc) is 1.99. The molecule has 1 aliphatic heterocycles. The van der Waals surface area contributed by atoms with Crippen molar-refractivity contribution in [3.8, 4) is 0 Å². The largest absolute Gasteiger partial charge is 0.481 e. The van der Waals surface area contributed by atoms with E-state index < -0.39 is 5.97 Å². The number of carboxylic acid groups (broad SMARTS) is 1. The van der Waals surface area contributed by atoms with Crippen molar-refractivity contribution in [1.82, 2.24) is 4.90 Å². The van der Waals surface area contributed by atoms with Crippen LogP contribution in [0, 0.1) is 5.92 Å². The summed E-state index contributed by atoms with van der Waals surface area (Å²) in [5, 5.41) is 9.04. The van der Waals surface area contributed by atoms with Crippen molar-refractivity contribution < 1.29 is 9.90 Å². The number of hydrogen-bond acceptors (Lipinski definition) is 2. The van der Waals surface area contributed by atoms with Gasteiger partial charge >= 0.3 is 5.97 Å². The van der Waals surface area contributed by atoms with Gasteiger partial charge in [0.2, 0.25) is 0 Å². The summed E-state index contributed by atoms with van der Waals surface area (Å²) >= 11 is 0. The Morgan fingerprint density at radius 2 is 1.93 bits per heavy atom. The molecule has 0 saturated carbocycles. The number of likely N-dealkylation sites (tertiary alicyclic amines) is 1. The number of aliphatic carboxylic acids is 1. The molecule has 15 heavy (non-hydrogen) atoms. The standard InChI is InChI=1S/C12H23NO2/c1-11(2,3)13-7-6-9(10(14)15)8-12(13,4)5/h9H,6-8H2,1-5H3,(H,14,15). The van der Waals surface area contributed by atoms with Crippen LogP contribution in [0.25, 0.3) is 0 Å². The summed E-state index contributed by atoms with van der Waals surface area (Å²) in [5.41, 5.74) is 0.104. The lowest BCUT2D eigenvalue weighted by molar-refractivity contribution is -0.147. The van der Waals surface area contributed by atoms with Gasteiger partial charge in [0.25, 0.3) is 0 Å². The summed E-state index contributed by atoms with van der Waals surface area (Å²) in [6.07, 6.45) is 1.52. The number of piperidine rings is 1. The number of carboxylic acids is 1. The Morgan fingerprint density at radius 3 is 2.27 bits per heavy atom. The molecule has 0 radical (unpaired) electrons. The molecule has 1 atom stereocenters. The fourth-order valence-electron chi connectivity index (χ4n) is 2.86. The number of nitrogens with zero attached hydrogens (tertiary/aromatic N) is 1. The topological polar surface area (TPSA) is 40.5 Å². The molecule has 0 aromatic heterocycles. The first-order valence-corrected chi connectivity index (χ1v) is 5.65. The maximum Gasteiger partial charge on any atom is 0.306 e. The third kappa shape index (κ3) is 2.71. The molecule has 1 heterocycles. The maximum absolute atomic E-state index is 11.0. The van der Waals surface area contributed by atoms with E-state index in [0.717, 1.165) is 19.4 Å². The molecule has 0 aliphatic carbocycles. The van der Waals surface area contributed by atoms with Crippen LogP contribution in [0.2, 0.25) is 0 Å². The van der Waals surface area contributed by atoms with Crippen molar-refractivity contribution >= 4 is 5.97 Å². The molecule has 3 heteroatoms. The highest BCUT2D eigenvalue weighted by molar-refractivity contribution is 5.70. The predicted octanol–water partition coefficient (Wildman–Crippen LogP) is 2.36.